The Kier molecular flexibility index (Phi) is 6.09. The molecule has 1 N–H and O–H groups in total. The average Bonchev–Trinajstić information content (AvgIpc) is 2.90. The number of fused-ring (bicyclic) bond motifs is 1. The van der Waals surface area contributed by atoms with Gasteiger partial charge < -0.3 is 10.1 Å². The minimum absolute atomic E-state index is 0.0271. The minimum atomic E-state index is -4.74. The molecule has 3 amide bonds. The van der Waals surface area contributed by atoms with Gasteiger partial charge in [0.15, 0.2) is 0 Å². The van der Waals surface area contributed by atoms with E-state index in [1.54, 1.807) is 18.2 Å². The SMILES string of the molecule is Cc1ccc2c(c1)C(=O)N(CCC(=O)NCCc1ccc(OC(F)(F)F)cc1)C2=O. The first-order valence-electron chi connectivity index (χ1n) is 9.22. The van der Waals surface area contributed by atoms with Crippen LogP contribution in [0.1, 0.15) is 38.3 Å². The quantitative estimate of drug-likeness (QED) is 0.698. The zero-order valence-corrected chi connectivity index (χ0v) is 16.1. The number of nitrogens with one attached hydrogen (secondary N) is 1. The largest absolute Gasteiger partial charge is 0.573 e. The van der Waals surface area contributed by atoms with Crippen LogP contribution in [-0.4, -0.2) is 42.1 Å². The van der Waals surface area contributed by atoms with Crippen molar-refractivity contribution in [1.29, 1.82) is 0 Å². The number of halogens is 3. The third-order valence-corrected chi connectivity index (χ3v) is 4.58. The molecule has 30 heavy (non-hydrogen) atoms. The highest BCUT2D eigenvalue weighted by molar-refractivity contribution is 6.21. The summed E-state index contributed by atoms with van der Waals surface area (Å²) in [6.07, 6.45) is -4.37. The first-order chi connectivity index (χ1) is 14.1. The first kappa shape index (κ1) is 21.4. The number of alkyl halides is 3. The van der Waals surface area contributed by atoms with Crippen LogP contribution < -0.4 is 10.1 Å². The standard InChI is InChI=1S/C21H19F3N2O4/c1-13-2-7-16-17(12-13)20(29)26(19(16)28)11-9-18(27)25-10-8-14-3-5-15(6-4-14)30-21(22,23)24/h2-7,12H,8-11H2,1H3,(H,25,27). The van der Waals surface area contributed by atoms with Gasteiger partial charge in [-0.2, -0.15) is 0 Å². The molecule has 0 radical (unpaired) electrons. The van der Waals surface area contributed by atoms with Gasteiger partial charge in [0.05, 0.1) is 11.1 Å². The number of aryl methyl sites for hydroxylation is 1. The Bertz CT molecular complexity index is 971. The van der Waals surface area contributed by atoms with Crippen LogP contribution in [0.3, 0.4) is 0 Å². The molecule has 0 aliphatic carbocycles. The van der Waals surface area contributed by atoms with Crippen LogP contribution >= 0.6 is 0 Å². The Morgan fingerprint density at radius 3 is 2.37 bits per heavy atom. The second-order valence-corrected chi connectivity index (χ2v) is 6.85. The van der Waals surface area contributed by atoms with Crippen LogP contribution in [0.5, 0.6) is 5.75 Å². The molecule has 1 aliphatic rings. The fourth-order valence-corrected chi connectivity index (χ4v) is 3.11. The lowest BCUT2D eigenvalue weighted by Gasteiger charge is -2.13. The number of rotatable bonds is 7. The first-order valence-corrected chi connectivity index (χ1v) is 9.22. The fourth-order valence-electron chi connectivity index (χ4n) is 3.11. The summed E-state index contributed by atoms with van der Waals surface area (Å²) in [6, 6.07) is 10.4. The predicted octanol–water partition coefficient (Wildman–Crippen LogP) is 3.24. The summed E-state index contributed by atoms with van der Waals surface area (Å²) in [5.74, 6) is -1.47. The number of carbonyl (C=O) groups excluding carboxylic acids is 3. The number of nitrogens with zero attached hydrogens (tertiary/aromatic N) is 1. The summed E-state index contributed by atoms with van der Waals surface area (Å²) in [5, 5.41) is 2.67. The van der Waals surface area contributed by atoms with E-state index in [9.17, 15) is 27.6 Å². The van der Waals surface area contributed by atoms with Crippen molar-refractivity contribution in [3.8, 4) is 5.75 Å². The van der Waals surface area contributed by atoms with Crippen LogP contribution in [0, 0.1) is 6.92 Å². The molecule has 0 fully saturated rings. The lowest BCUT2D eigenvalue weighted by molar-refractivity contribution is -0.274. The summed E-state index contributed by atoms with van der Waals surface area (Å²) >= 11 is 0. The van der Waals surface area contributed by atoms with E-state index < -0.39 is 18.2 Å². The maximum Gasteiger partial charge on any atom is 0.573 e. The highest BCUT2D eigenvalue weighted by Crippen LogP contribution is 2.24. The number of ether oxygens (including phenoxy) is 1. The van der Waals surface area contributed by atoms with Crippen molar-refractivity contribution in [2.24, 2.45) is 0 Å². The molecule has 3 rings (SSSR count). The summed E-state index contributed by atoms with van der Waals surface area (Å²) < 4.78 is 40.2. The number of imide groups is 1. The summed E-state index contributed by atoms with van der Waals surface area (Å²) in [4.78, 5) is 37.8. The molecule has 0 bridgehead atoms. The second kappa shape index (κ2) is 8.56. The number of amides is 3. The molecule has 6 nitrogen and oxygen atoms in total. The van der Waals surface area contributed by atoms with E-state index in [0.717, 1.165) is 16.0 Å². The molecule has 0 saturated heterocycles. The van der Waals surface area contributed by atoms with E-state index in [1.807, 2.05) is 6.92 Å². The maximum absolute atomic E-state index is 12.4. The Morgan fingerprint density at radius 1 is 1.03 bits per heavy atom. The topological polar surface area (TPSA) is 75.7 Å². The average molecular weight is 420 g/mol. The molecular formula is C21H19F3N2O4. The molecule has 2 aromatic rings. The maximum atomic E-state index is 12.4. The third-order valence-electron chi connectivity index (χ3n) is 4.58. The number of hydrogen-bond acceptors (Lipinski definition) is 4. The van der Waals surface area contributed by atoms with Gasteiger partial charge in [-0.1, -0.05) is 23.8 Å². The van der Waals surface area contributed by atoms with Crippen molar-refractivity contribution < 1.29 is 32.3 Å². The van der Waals surface area contributed by atoms with Crippen molar-refractivity contribution in [3.63, 3.8) is 0 Å². The van der Waals surface area contributed by atoms with Gasteiger partial charge in [-0.25, -0.2) is 0 Å². The van der Waals surface area contributed by atoms with Gasteiger partial charge in [0, 0.05) is 19.5 Å². The zero-order valence-electron chi connectivity index (χ0n) is 16.1. The molecule has 0 unspecified atom stereocenters. The summed E-state index contributed by atoms with van der Waals surface area (Å²) in [7, 11) is 0. The van der Waals surface area contributed by atoms with E-state index in [0.29, 0.717) is 17.5 Å². The molecule has 1 heterocycles. The van der Waals surface area contributed by atoms with Crippen LogP contribution in [0.4, 0.5) is 13.2 Å². The molecule has 0 atom stereocenters. The van der Waals surface area contributed by atoms with E-state index in [2.05, 4.69) is 10.1 Å². The fraction of sp³-hybridized carbons (Fsp3) is 0.286. The lowest BCUT2D eigenvalue weighted by Crippen LogP contribution is -2.35. The van der Waals surface area contributed by atoms with Crippen molar-refractivity contribution in [2.75, 3.05) is 13.1 Å². The zero-order chi connectivity index (χ0) is 21.9. The van der Waals surface area contributed by atoms with Crippen LogP contribution in [0.2, 0.25) is 0 Å². The Labute approximate surface area is 170 Å². The van der Waals surface area contributed by atoms with Gasteiger partial charge in [-0.05, 0) is 43.2 Å². The Morgan fingerprint density at radius 2 is 1.70 bits per heavy atom. The van der Waals surface area contributed by atoms with Gasteiger partial charge in [0.25, 0.3) is 11.8 Å². The monoisotopic (exact) mass is 420 g/mol. The molecule has 9 heteroatoms. The van der Waals surface area contributed by atoms with Crippen LogP contribution in [0.15, 0.2) is 42.5 Å². The molecular weight excluding hydrogens is 401 g/mol. The molecule has 1 aliphatic heterocycles. The molecule has 0 spiro atoms. The molecule has 0 saturated carbocycles. The Balaban J connectivity index is 1.44. The molecule has 158 valence electrons. The second-order valence-electron chi connectivity index (χ2n) is 6.85. The van der Waals surface area contributed by atoms with E-state index in [1.165, 1.54) is 24.3 Å². The summed E-state index contributed by atoms with van der Waals surface area (Å²) in [5.41, 5.74) is 2.27. The van der Waals surface area contributed by atoms with E-state index >= 15 is 0 Å². The van der Waals surface area contributed by atoms with Gasteiger partial charge >= 0.3 is 6.36 Å². The van der Waals surface area contributed by atoms with E-state index in [4.69, 9.17) is 0 Å². The van der Waals surface area contributed by atoms with Gasteiger partial charge in [0.1, 0.15) is 5.75 Å². The minimum Gasteiger partial charge on any atom is -0.406 e. The Hall–Kier alpha value is -3.36. The highest BCUT2D eigenvalue weighted by Gasteiger charge is 2.35. The molecule has 0 aromatic heterocycles. The van der Waals surface area contributed by atoms with Crippen LogP contribution in [-0.2, 0) is 11.2 Å². The predicted molar refractivity (Wildman–Crippen MR) is 101 cm³/mol. The summed E-state index contributed by atoms with van der Waals surface area (Å²) in [6.45, 7) is 2.06. The van der Waals surface area contributed by atoms with Crippen molar-refractivity contribution in [1.82, 2.24) is 10.2 Å². The van der Waals surface area contributed by atoms with Crippen molar-refractivity contribution in [2.45, 2.75) is 26.1 Å². The van der Waals surface area contributed by atoms with Crippen molar-refractivity contribution in [3.05, 3.63) is 64.7 Å². The van der Waals surface area contributed by atoms with Gasteiger partial charge in [0.2, 0.25) is 5.91 Å². The smallest absolute Gasteiger partial charge is 0.406 e. The number of benzene rings is 2. The number of hydrogen-bond donors (Lipinski definition) is 1. The van der Waals surface area contributed by atoms with Gasteiger partial charge in [-0.3, -0.25) is 19.3 Å². The van der Waals surface area contributed by atoms with Crippen LogP contribution in [0.25, 0.3) is 0 Å². The van der Waals surface area contributed by atoms with E-state index in [-0.39, 0.29) is 31.2 Å². The molecule has 2 aromatic carbocycles. The third kappa shape index (κ3) is 5.16. The van der Waals surface area contributed by atoms with Gasteiger partial charge in [-0.15, -0.1) is 13.2 Å². The van der Waals surface area contributed by atoms with Crippen molar-refractivity contribution >= 4 is 17.7 Å². The lowest BCUT2D eigenvalue weighted by atomic mass is 10.1. The number of carbonyl (C=O) groups is 3. The normalized spacial score (nSPS) is 13.4. The highest BCUT2D eigenvalue weighted by atomic mass is 19.4.